The van der Waals surface area contributed by atoms with Gasteiger partial charge in [-0.1, -0.05) is 28.8 Å². The van der Waals surface area contributed by atoms with E-state index in [2.05, 4.69) is 50.8 Å². The third kappa shape index (κ3) is 4.48. The van der Waals surface area contributed by atoms with Crippen LogP contribution in [0, 0.1) is 5.92 Å². The van der Waals surface area contributed by atoms with Crippen molar-refractivity contribution < 1.29 is 9.59 Å². The van der Waals surface area contributed by atoms with Crippen molar-refractivity contribution in [2.75, 3.05) is 19.6 Å². The minimum atomic E-state index is 0.0137. The van der Waals surface area contributed by atoms with Crippen molar-refractivity contribution in [3.63, 3.8) is 0 Å². The second kappa shape index (κ2) is 9.38. The standard InChI is InChI=1S/C24H30BrN3O2/c1-26-14-5-7-21(26)22-6-3-2-4-15-28(22)24(30)19-12-16-27(17-13-19)23(29)18-8-10-20(25)11-9-18/h5,7-11,14,19,22H,2-4,6,12-13,15-17H2,1H3. The monoisotopic (exact) mass is 471 g/mol. The lowest BCUT2D eigenvalue weighted by Gasteiger charge is -2.37. The topological polar surface area (TPSA) is 45.6 Å². The van der Waals surface area contributed by atoms with Gasteiger partial charge in [-0.15, -0.1) is 0 Å². The molecule has 2 aliphatic rings. The Hall–Kier alpha value is -2.08. The Kier molecular flexibility index (Phi) is 6.61. The van der Waals surface area contributed by atoms with Crippen LogP contribution in [-0.2, 0) is 11.8 Å². The van der Waals surface area contributed by atoms with Crippen LogP contribution in [0.3, 0.4) is 0 Å². The van der Waals surface area contributed by atoms with Gasteiger partial charge < -0.3 is 14.4 Å². The number of aryl methyl sites for hydroxylation is 1. The van der Waals surface area contributed by atoms with Crippen LogP contribution < -0.4 is 0 Å². The van der Waals surface area contributed by atoms with Gasteiger partial charge in [-0.2, -0.15) is 0 Å². The number of likely N-dealkylation sites (tertiary alicyclic amines) is 2. The van der Waals surface area contributed by atoms with Gasteiger partial charge in [0.1, 0.15) is 0 Å². The van der Waals surface area contributed by atoms with Crippen LogP contribution in [0.4, 0.5) is 0 Å². The number of hydrogen-bond acceptors (Lipinski definition) is 2. The zero-order valence-corrected chi connectivity index (χ0v) is 19.2. The Morgan fingerprint density at radius 2 is 1.67 bits per heavy atom. The summed E-state index contributed by atoms with van der Waals surface area (Å²) in [4.78, 5) is 30.3. The molecule has 0 N–H and O–H groups in total. The Morgan fingerprint density at radius 1 is 0.933 bits per heavy atom. The maximum atomic E-state index is 13.5. The first-order valence-corrected chi connectivity index (χ1v) is 11.8. The third-order valence-electron chi connectivity index (χ3n) is 6.58. The van der Waals surface area contributed by atoms with Crippen LogP contribution in [0.1, 0.15) is 60.6 Å². The van der Waals surface area contributed by atoms with E-state index in [1.54, 1.807) is 0 Å². The van der Waals surface area contributed by atoms with Crippen LogP contribution in [0.5, 0.6) is 0 Å². The van der Waals surface area contributed by atoms with Crippen molar-refractivity contribution in [2.24, 2.45) is 13.0 Å². The van der Waals surface area contributed by atoms with E-state index in [0.717, 1.165) is 36.7 Å². The second-order valence-electron chi connectivity index (χ2n) is 8.51. The van der Waals surface area contributed by atoms with Gasteiger partial charge in [0.15, 0.2) is 0 Å². The molecule has 2 saturated heterocycles. The van der Waals surface area contributed by atoms with E-state index in [0.29, 0.717) is 18.7 Å². The summed E-state index contributed by atoms with van der Waals surface area (Å²) < 4.78 is 3.11. The number of hydrogen-bond donors (Lipinski definition) is 0. The highest BCUT2D eigenvalue weighted by Crippen LogP contribution is 2.33. The molecule has 2 aromatic rings. The molecule has 4 rings (SSSR count). The van der Waals surface area contributed by atoms with Crippen molar-refractivity contribution in [1.82, 2.24) is 14.4 Å². The van der Waals surface area contributed by atoms with Crippen LogP contribution >= 0.6 is 15.9 Å². The fourth-order valence-corrected chi connectivity index (χ4v) is 5.10. The molecule has 160 valence electrons. The number of carbonyl (C=O) groups excluding carboxylic acids is 2. The van der Waals surface area contributed by atoms with E-state index in [-0.39, 0.29) is 23.8 Å². The second-order valence-corrected chi connectivity index (χ2v) is 9.43. The SMILES string of the molecule is Cn1cccc1C1CCCCCN1C(=O)C1CCN(C(=O)c2ccc(Br)cc2)CC1. The lowest BCUT2D eigenvalue weighted by Crippen LogP contribution is -2.45. The number of nitrogens with zero attached hydrogens (tertiary/aromatic N) is 3. The van der Waals surface area contributed by atoms with E-state index in [4.69, 9.17) is 0 Å². The quantitative estimate of drug-likeness (QED) is 0.646. The summed E-state index contributed by atoms with van der Waals surface area (Å²) >= 11 is 3.41. The molecule has 2 amide bonds. The molecule has 1 aromatic carbocycles. The molecular formula is C24H30BrN3O2. The molecule has 1 unspecified atom stereocenters. The minimum absolute atomic E-state index is 0.0137. The molecule has 2 aliphatic heterocycles. The molecule has 0 saturated carbocycles. The molecule has 0 aliphatic carbocycles. The smallest absolute Gasteiger partial charge is 0.253 e. The summed E-state index contributed by atoms with van der Waals surface area (Å²) in [6.45, 7) is 2.13. The zero-order valence-electron chi connectivity index (χ0n) is 17.6. The van der Waals surface area contributed by atoms with E-state index < -0.39 is 0 Å². The van der Waals surface area contributed by atoms with Crippen molar-refractivity contribution in [1.29, 1.82) is 0 Å². The highest BCUT2D eigenvalue weighted by molar-refractivity contribution is 9.10. The maximum Gasteiger partial charge on any atom is 0.253 e. The summed E-state index contributed by atoms with van der Waals surface area (Å²) in [5.74, 6) is 0.350. The lowest BCUT2D eigenvalue weighted by molar-refractivity contribution is -0.139. The fourth-order valence-electron chi connectivity index (χ4n) is 4.84. The highest BCUT2D eigenvalue weighted by atomic mass is 79.9. The first-order valence-electron chi connectivity index (χ1n) is 11.0. The number of piperidine rings is 1. The molecule has 0 spiro atoms. The summed E-state index contributed by atoms with van der Waals surface area (Å²) in [5.41, 5.74) is 1.94. The predicted molar refractivity (Wildman–Crippen MR) is 121 cm³/mol. The number of halogens is 1. The molecule has 0 bridgehead atoms. The average Bonchev–Trinajstić information content (AvgIpc) is 3.05. The van der Waals surface area contributed by atoms with Gasteiger partial charge in [0, 0.05) is 54.5 Å². The molecule has 30 heavy (non-hydrogen) atoms. The Bertz CT molecular complexity index is 884. The van der Waals surface area contributed by atoms with Gasteiger partial charge in [-0.05, 0) is 62.1 Å². The van der Waals surface area contributed by atoms with Gasteiger partial charge >= 0.3 is 0 Å². The first-order chi connectivity index (χ1) is 14.5. The summed E-state index contributed by atoms with van der Waals surface area (Å²) in [5, 5.41) is 0. The van der Waals surface area contributed by atoms with Crippen molar-refractivity contribution in [3.8, 4) is 0 Å². The van der Waals surface area contributed by atoms with Gasteiger partial charge in [0.2, 0.25) is 5.91 Å². The molecule has 0 radical (unpaired) electrons. The maximum absolute atomic E-state index is 13.5. The van der Waals surface area contributed by atoms with E-state index in [1.165, 1.54) is 18.5 Å². The van der Waals surface area contributed by atoms with Gasteiger partial charge in [-0.3, -0.25) is 9.59 Å². The van der Waals surface area contributed by atoms with E-state index in [1.807, 2.05) is 29.2 Å². The van der Waals surface area contributed by atoms with Crippen LogP contribution in [-0.4, -0.2) is 45.8 Å². The van der Waals surface area contributed by atoms with Gasteiger partial charge in [0.05, 0.1) is 6.04 Å². The summed E-state index contributed by atoms with van der Waals surface area (Å²) in [6.07, 6.45) is 8.02. The highest BCUT2D eigenvalue weighted by Gasteiger charge is 2.35. The minimum Gasteiger partial charge on any atom is -0.353 e. The molecular weight excluding hydrogens is 442 g/mol. The summed E-state index contributed by atoms with van der Waals surface area (Å²) in [7, 11) is 2.06. The van der Waals surface area contributed by atoms with Crippen molar-refractivity contribution >= 4 is 27.7 Å². The zero-order chi connectivity index (χ0) is 21.1. The molecule has 1 aromatic heterocycles. The van der Waals surface area contributed by atoms with Crippen LogP contribution in [0.15, 0.2) is 47.1 Å². The van der Waals surface area contributed by atoms with Crippen molar-refractivity contribution in [3.05, 3.63) is 58.3 Å². The fraction of sp³-hybridized carbons (Fsp3) is 0.500. The normalized spacial score (nSPS) is 20.8. The Balaban J connectivity index is 1.42. The molecule has 3 heterocycles. The van der Waals surface area contributed by atoms with E-state index >= 15 is 0 Å². The number of carbonyl (C=O) groups is 2. The van der Waals surface area contributed by atoms with Crippen LogP contribution in [0.25, 0.3) is 0 Å². The Morgan fingerprint density at radius 3 is 2.33 bits per heavy atom. The average molecular weight is 472 g/mol. The molecule has 6 heteroatoms. The number of rotatable bonds is 3. The number of amides is 2. The number of benzene rings is 1. The van der Waals surface area contributed by atoms with E-state index in [9.17, 15) is 9.59 Å². The first kappa shape index (κ1) is 21.2. The molecule has 1 atom stereocenters. The largest absolute Gasteiger partial charge is 0.353 e. The number of aromatic nitrogens is 1. The molecule has 2 fully saturated rings. The lowest BCUT2D eigenvalue weighted by atomic mass is 9.93. The van der Waals surface area contributed by atoms with Crippen LogP contribution in [0.2, 0.25) is 0 Å². The van der Waals surface area contributed by atoms with Crippen molar-refractivity contribution in [2.45, 2.75) is 44.6 Å². The van der Waals surface area contributed by atoms with Gasteiger partial charge in [-0.25, -0.2) is 0 Å². The summed E-state index contributed by atoms with van der Waals surface area (Å²) in [6, 6.07) is 11.9. The molecule has 5 nitrogen and oxygen atoms in total. The third-order valence-corrected chi connectivity index (χ3v) is 7.11. The predicted octanol–water partition coefficient (Wildman–Crippen LogP) is 4.78. The van der Waals surface area contributed by atoms with Gasteiger partial charge in [0.25, 0.3) is 5.91 Å². The Labute approximate surface area is 187 Å².